The van der Waals surface area contributed by atoms with E-state index in [-0.39, 0.29) is 0 Å². The number of nitrogens with zero attached hydrogens (tertiary/aromatic N) is 2. The minimum Gasteiger partial charge on any atom is -0.335 e. The summed E-state index contributed by atoms with van der Waals surface area (Å²) in [5.41, 5.74) is 3.71. The van der Waals surface area contributed by atoms with Crippen molar-refractivity contribution in [2.75, 3.05) is 0 Å². The summed E-state index contributed by atoms with van der Waals surface area (Å²) in [5.74, 6) is 1.17. The highest BCUT2D eigenvalue weighted by Crippen LogP contribution is 2.12. The van der Waals surface area contributed by atoms with Crippen LogP contribution in [0, 0.1) is 13.8 Å². The van der Waals surface area contributed by atoms with Crippen molar-refractivity contribution in [3.63, 3.8) is 0 Å². The van der Waals surface area contributed by atoms with E-state index in [1.807, 2.05) is 0 Å². The van der Waals surface area contributed by atoms with Gasteiger partial charge in [0.2, 0.25) is 5.89 Å². The van der Waals surface area contributed by atoms with Crippen molar-refractivity contribution < 1.29 is 4.52 Å². The van der Waals surface area contributed by atoms with Crippen LogP contribution in [0.2, 0.25) is 0 Å². The molecule has 0 amide bonds. The second kappa shape index (κ2) is 4.31. The molecule has 1 heterocycles. The molecule has 3 nitrogen and oxygen atoms in total. The van der Waals surface area contributed by atoms with Gasteiger partial charge < -0.3 is 4.52 Å². The lowest BCUT2D eigenvalue weighted by Gasteiger charge is -2.01. The van der Waals surface area contributed by atoms with Crippen LogP contribution in [-0.2, 0) is 6.42 Å². The monoisotopic (exact) mass is 214 g/mol. The third-order valence-corrected chi connectivity index (χ3v) is 2.30. The molecule has 0 aliphatic carbocycles. The lowest BCUT2D eigenvalue weighted by molar-refractivity contribution is 0.404. The van der Waals surface area contributed by atoms with Crippen molar-refractivity contribution in [2.24, 2.45) is 0 Å². The van der Waals surface area contributed by atoms with E-state index in [1.165, 1.54) is 16.7 Å². The Morgan fingerprint density at radius 2 is 1.94 bits per heavy atom. The molecule has 0 spiro atoms. The number of aromatic nitrogens is 2. The minimum absolute atomic E-state index is 0.472. The summed E-state index contributed by atoms with van der Waals surface area (Å²) in [6.45, 7) is 7.75. The molecule has 0 saturated carbocycles. The highest BCUT2D eigenvalue weighted by Gasteiger charge is 2.05. The SMILES string of the molecule is C=Cc1nc(Cc2cc(C)cc(C)c2)no1. The molecule has 2 aromatic rings. The normalized spacial score (nSPS) is 10.4. The number of aryl methyl sites for hydroxylation is 2. The second-order valence-electron chi connectivity index (χ2n) is 3.93. The Hall–Kier alpha value is -1.90. The molecule has 82 valence electrons. The lowest BCUT2D eigenvalue weighted by Crippen LogP contribution is -1.92. The van der Waals surface area contributed by atoms with Crippen LogP contribution < -0.4 is 0 Å². The maximum Gasteiger partial charge on any atom is 0.250 e. The van der Waals surface area contributed by atoms with Gasteiger partial charge in [-0.3, -0.25) is 0 Å². The maximum atomic E-state index is 4.97. The maximum absolute atomic E-state index is 4.97. The van der Waals surface area contributed by atoms with Crippen molar-refractivity contribution in [3.8, 4) is 0 Å². The Morgan fingerprint density at radius 1 is 1.25 bits per heavy atom. The van der Waals surface area contributed by atoms with E-state index in [0.29, 0.717) is 18.1 Å². The van der Waals surface area contributed by atoms with Gasteiger partial charge in [0.1, 0.15) is 0 Å². The summed E-state index contributed by atoms with van der Waals surface area (Å²) in [6.07, 6.45) is 2.25. The molecule has 0 aliphatic heterocycles. The molecule has 16 heavy (non-hydrogen) atoms. The summed E-state index contributed by atoms with van der Waals surface area (Å²) in [7, 11) is 0. The van der Waals surface area contributed by atoms with Gasteiger partial charge in [-0.05, 0) is 25.5 Å². The Morgan fingerprint density at radius 3 is 2.50 bits per heavy atom. The second-order valence-corrected chi connectivity index (χ2v) is 3.93. The topological polar surface area (TPSA) is 38.9 Å². The van der Waals surface area contributed by atoms with Crippen molar-refractivity contribution in [2.45, 2.75) is 20.3 Å². The summed E-state index contributed by atoms with van der Waals surface area (Å²) in [6, 6.07) is 6.42. The zero-order valence-electron chi connectivity index (χ0n) is 9.53. The average molecular weight is 214 g/mol. The molecule has 3 heteroatoms. The van der Waals surface area contributed by atoms with Crippen LogP contribution in [0.5, 0.6) is 0 Å². The lowest BCUT2D eigenvalue weighted by atomic mass is 10.1. The van der Waals surface area contributed by atoms with Gasteiger partial charge in [-0.25, -0.2) is 0 Å². The molecule has 0 fully saturated rings. The zero-order chi connectivity index (χ0) is 11.5. The average Bonchev–Trinajstić information content (AvgIpc) is 2.64. The van der Waals surface area contributed by atoms with E-state index in [2.05, 4.69) is 48.8 Å². The predicted octanol–water partition coefficient (Wildman–Crippen LogP) is 2.92. The standard InChI is InChI=1S/C13H14N2O/c1-4-13-14-12(15-16-13)8-11-6-9(2)5-10(3)7-11/h4-7H,1,8H2,2-3H3. The molecule has 1 aromatic carbocycles. The van der Waals surface area contributed by atoms with Gasteiger partial charge in [0.05, 0.1) is 0 Å². The first-order chi connectivity index (χ1) is 7.67. The fourth-order valence-corrected chi connectivity index (χ4v) is 1.78. The Bertz CT molecular complexity index is 494. The highest BCUT2D eigenvalue weighted by molar-refractivity contribution is 5.34. The van der Waals surface area contributed by atoms with Gasteiger partial charge in [-0.2, -0.15) is 4.98 Å². The largest absolute Gasteiger partial charge is 0.335 e. The van der Waals surface area contributed by atoms with Crippen molar-refractivity contribution in [1.82, 2.24) is 10.1 Å². The highest BCUT2D eigenvalue weighted by atomic mass is 16.5. The first kappa shape index (κ1) is 10.6. The number of rotatable bonds is 3. The molecule has 0 bridgehead atoms. The van der Waals surface area contributed by atoms with E-state index in [4.69, 9.17) is 4.52 Å². The van der Waals surface area contributed by atoms with E-state index in [0.717, 1.165) is 0 Å². The van der Waals surface area contributed by atoms with Crippen LogP contribution in [0.25, 0.3) is 6.08 Å². The van der Waals surface area contributed by atoms with Crippen molar-refractivity contribution >= 4 is 6.08 Å². The van der Waals surface area contributed by atoms with Gasteiger partial charge >= 0.3 is 0 Å². The number of hydrogen-bond donors (Lipinski definition) is 0. The van der Waals surface area contributed by atoms with Gasteiger partial charge in [-0.15, -0.1) is 0 Å². The Balaban J connectivity index is 2.22. The predicted molar refractivity (Wildman–Crippen MR) is 63.1 cm³/mol. The summed E-state index contributed by atoms with van der Waals surface area (Å²) in [4.78, 5) is 4.19. The van der Waals surface area contributed by atoms with E-state index >= 15 is 0 Å². The van der Waals surface area contributed by atoms with Crippen LogP contribution in [0.3, 0.4) is 0 Å². The molecule has 0 aliphatic rings. The molecular weight excluding hydrogens is 200 g/mol. The fraction of sp³-hybridized carbons (Fsp3) is 0.231. The van der Waals surface area contributed by atoms with Gasteiger partial charge in [-0.1, -0.05) is 41.1 Å². The van der Waals surface area contributed by atoms with Crippen LogP contribution >= 0.6 is 0 Å². The molecule has 0 atom stereocenters. The first-order valence-corrected chi connectivity index (χ1v) is 5.19. The molecule has 0 radical (unpaired) electrons. The Kier molecular flexibility index (Phi) is 2.86. The van der Waals surface area contributed by atoms with Gasteiger partial charge in [0, 0.05) is 6.42 Å². The molecule has 1 aromatic heterocycles. The molecule has 0 saturated heterocycles. The molecule has 0 unspecified atom stereocenters. The summed E-state index contributed by atoms with van der Waals surface area (Å²) in [5, 5.41) is 3.88. The fourth-order valence-electron chi connectivity index (χ4n) is 1.78. The van der Waals surface area contributed by atoms with Crippen LogP contribution in [0.4, 0.5) is 0 Å². The van der Waals surface area contributed by atoms with Crippen LogP contribution in [0.15, 0.2) is 29.3 Å². The molecule has 2 rings (SSSR count). The van der Waals surface area contributed by atoms with Crippen molar-refractivity contribution in [1.29, 1.82) is 0 Å². The van der Waals surface area contributed by atoms with Crippen LogP contribution in [0.1, 0.15) is 28.4 Å². The first-order valence-electron chi connectivity index (χ1n) is 5.19. The van der Waals surface area contributed by atoms with E-state index < -0.39 is 0 Å². The smallest absolute Gasteiger partial charge is 0.250 e. The number of benzene rings is 1. The van der Waals surface area contributed by atoms with Crippen molar-refractivity contribution in [3.05, 3.63) is 53.2 Å². The third-order valence-electron chi connectivity index (χ3n) is 2.30. The Labute approximate surface area is 94.8 Å². The van der Waals surface area contributed by atoms with Gasteiger partial charge in [0.25, 0.3) is 0 Å². The van der Waals surface area contributed by atoms with E-state index in [9.17, 15) is 0 Å². The minimum atomic E-state index is 0.472. The quantitative estimate of drug-likeness (QED) is 0.788. The van der Waals surface area contributed by atoms with E-state index in [1.54, 1.807) is 6.08 Å². The summed E-state index contributed by atoms with van der Waals surface area (Å²) < 4.78 is 4.97. The molecule has 0 N–H and O–H groups in total. The third kappa shape index (κ3) is 2.37. The van der Waals surface area contributed by atoms with Gasteiger partial charge in [0.15, 0.2) is 5.82 Å². The molecular formula is C13H14N2O. The van der Waals surface area contributed by atoms with Crippen LogP contribution in [-0.4, -0.2) is 10.1 Å². The zero-order valence-corrected chi connectivity index (χ0v) is 9.53. The summed E-state index contributed by atoms with van der Waals surface area (Å²) >= 11 is 0. The number of hydrogen-bond acceptors (Lipinski definition) is 3.